The SMILES string of the molecule is Fc1cccc(Cl)c1CNc1nc(-c2cscn2)n[nH]1. The van der Waals surface area contributed by atoms with Crippen LogP contribution < -0.4 is 5.32 Å². The number of nitrogens with one attached hydrogen (secondary N) is 2. The van der Waals surface area contributed by atoms with Gasteiger partial charge < -0.3 is 5.32 Å². The summed E-state index contributed by atoms with van der Waals surface area (Å²) >= 11 is 7.41. The molecule has 3 rings (SSSR count). The van der Waals surface area contributed by atoms with Crippen molar-refractivity contribution in [1.82, 2.24) is 20.2 Å². The molecule has 0 aliphatic rings. The molecule has 0 atom stereocenters. The summed E-state index contributed by atoms with van der Waals surface area (Å²) in [7, 11) is 0. The fourth-order valence-corrected chi connectivity index (χ4v) is 2.41. The van der Waals surface area contributed by atoms with Crippen molar-refractivity contribution in [2.24, 2.45) is 0 Å². The molecule has 0 saturated carbocycles. The van der Waals surface area contributed by atoms with Crippen molar-refractivity contribution in [3.05, 3.63) is 45.5 Å². The minimum Gasteiger partial charge on any atom is -0.350 e. The van der Waals surface area contributed by atoms with Crippen LogP contribution in [-0.4, -0.2) is 20.2 Å². The van der Waals surface area contributed by atoms with E-state index in [1.165, 1.54) is 17.4 Å². The first kappa shape index (κ1) is 13.0. The lowest BCUT2D eigenvalue weighted by atomic mass is 10.2. The number of benzene rings is 1. The predicted molar refractivity (Wildman–Crippen MR) is 76.2 cm³/mol. The van der Waals surface area contributed by atoms with Crippen molar-refractivity contribution >= 4 is 28.9 Å². The number of hydrogen-bond donors (Lipinski definition) is 2. The number of aromatic amines is 1. The molecule has 0 aliphatic heterocycles. The molecular weight excluding hydrogens is 301 g/mol. The van der Waals surface area contributed by atoms with Crippen LogP contribution in [0.5, 0.6) is 0 Å². The standard InChI is InChI=1S/C12H9ClFN5S/c13-8-2-1-3-9(14)7(8)4-15-12-17-11(18-19-12)10-5-20-6-16-10/h1-3,5-6H,4H2,(H2,15,17,18,19). The number of thiazole rings is 1. The van der Waals surface area contributed by atoms with Gasteiger partial charge in [-0.3, -0.25) is 0 Å². The van der Waals surface area contributed by atoms with E-state index in [2.05, 4.69) is 25.5 Å². The number of rotatable bonds is 4. The molecule has 3 aromatic rings. The molecule has 2 heterocycles. The third-order valence-electron chi connectivity index (χ3n) is 2.64. The molecule has 0 aliphatic carbocycles. The molecule has 1 aromatic carbocycles. The zero-order valence-corrected chi connectivity index (χ0v) is 11.7. The minimum absolute atomic E-state index is 0.219. The number of anilines is 1. The Bertz CT molecular complexity index is 692. The van der Waals surface area contributed by atoms with Crippen LogP contribution in [0, 0.1) is 5.82 Å². The molecule has 5 nitrogen and oxygen atoms in total. The highest BCUT2D eigenvalue weighted by atomic mass is 35.5. The molecule has 102 valence electrons. The Morgan fingerprint density at radius 1 is 1.40 bits per heavy atom. The van der Waals surface area contributed by atoms with Crippen LogP contribution in [0.3, 0.4) is 0 Å². The van der Waals surface area contributed by atoms with Crippen molar-refractivity contribution < 1.29 is 4.39 Å². The van der Waals surface area contributed by atoms with Crippen LogP contribution in [-0.2, 0) is 6.54 Å². The molecule has 2 aromatic heterocycles. The van der Waals surface area contributed by atoms with Gasteiger partial charge in [0.05, 0.1) is 5.51 Å². The lowest BCUT2D eigenvalue weighted by molar-refractivity contribution is 0.613. The molecule has 0 unspecified atom stereocenters. The Morgan fingerprint density at radius 2 is 2.30 bits per heavy atom. The van der Waals surface area contributed by atoms with Crippen molar-refractivity contribution in [3.8, 4) is 11.5 Å². The van der Waals surface area contributed by atoms with E-state index >= 15 is 0 Å². The molecule has 0 spiro atoms. The first-order valence-corrected chi connectivity index (χ1v) is 7.04. The number of nitrogens with zero attached hydrogens (tertiary/aromatic N) is 3. The van der Waals surface area contributed by atoms with E-state index < -0.39 is 0 Å². The Labute approximate surface area is 122 Å². The van der Waals surface area contributed by atoms with Crippen molar-refractivity contribution in [2.45, 2.75) is 6.54 Å². The second kappa shape index (κ2) is 5.56. The first-order chi connectivity index (χ1) is 9.74. The Hall–Kier alpha value is -1.99. The lowest BCUT2D eigenvalue weighted by Gasteiger charge is -2.06. The van der Waals surface area contributed by atoms with E-state index in [9.17, 15) is 4.39 Å². The van der Waals surface area contributed by atoms with Crippen LogP contribution >= 0.6 is 22.9 Å². The molecule has 0 bridgehead atoms. The van der Waals surface area contributed by atoms with Crippen LogP contribution in [0.1, 0.15) is 5.56 Å². The summed E-state index contributed by atoms with van der Waals surface area (Å²) < 4.78 is 13.6. The number of H-pyrrole nitrogens is 1. The van der Waals surface area contributed by atoms with Crippen molar-refractivity contribution in [1.29, 1.82) is 0 Å². The summed E-state index contributed by atoms with van der Waals surface area (Å²) in [6.07, 6.45) is 0. The van der Waals surface area contributed by atoms with E-state index in [-0.39, 0.29) is 12.4 Å². The smallest absolute Gasteiger partial charge is 0.219 e. The summed E-state index contributed by atoms with van der Waals surface area (Å²) in [5.41, 5.74) is 2.79. The van der Waals surface area contributed by atoms with Gasteiger partial charge in [0.25, 0.3) is 0 Å². The molecule has 0 amide bonds. The Kier molecular flexibility index (Phi) is 3.62. The van der Waals surface area contributed by atoms with E-state index in [0.717, 1.165) is 0 Å². The minimum atomic E-state index is -0.357. The first-order valence-electron chi connectivity index (χ1n) is 5.72. The summed E-state index contributed by atoms with van der Waals surface area (Å²) in [5, 5.41) is 11.9. The van der Waals surface area contributed by atoms with E-state index in [4.69, 9.17) is 11.6 Å². The normalized spacial score (nSPS) is 10.7. The molecule has 0 fully saturated rings. The monoisotopic (exact) mass is 309 g/mol. The maximum Gasteiger partial charge on any atom is 0.219 e. The second-order valence-corrected chi connectivity index (χ2v) is 5.06. The van der Waals surface area contributed by atoms with Gasteiger partial charge in [-0.15, -0.1) is 11.3 Å². The summed E-state index contributed by atoms with van der Waals surface area (Å²) in [6, 6.07) is 4.57. The second-order valence-electron chi connectivity index (χ2n) is 3.94. The number of aromatic nitrogens is 4. The van der Waals surface area contributed by atoms with Gasteiger partial charge in [0.15, 0.2) is 0 Å². The van der Waals surface area contributed by atoms with Gasteiger partial charge in [-0.1, -0.05) is 17.7 Å². The van der Waals surface area contributed by atoms with Gasteiger partial charge in [0.1, 0.15) is 11.5 Å². The van der Waals surface area contributed by atoms with Gasteiger partial charge in [-0.25, -0.2) is 14.5 Å². The van der Waals surface area contributed by atoms with Gasteiger partial charge >= 0.3 is 0 Å². The van der Waals surface area contributed by atoms with Gasteiger partial charge in [0.2, 0.25) is 11.8 Å². The fraction of sp³-hybridized carbons (Fsp3) is 0.0833. The van der Waals surface area contributed by atoms with Gasteiger partial charge in [-0.2, -0.15) is 10.1 Å². The molecule has 0 saturated heterocycles. The number of halogens is 2. The van der Waals surface area contributed by atoms with Crippen LogP contribution in [0.4, 0.5) is 10.3 Å². The van der Waals surface area contributed by atoms with Crippen LogP contribution in [0.15, 0.2) is 29.1 Å². The Morgan fingerprint density at radius 3 is 3.05 bits per heavy atom. The average molecular weight is 310 g/mol. The predicted octanol–water partition coefficient (Wildman–Crippen LogP) is 3.33. The van der Waals surface area contributed by atoms with Crippen molar-refractivity contribution in [2.75, 3.05) is 5.32 Å². The van der Waals surface area contributed by atoms with Gasteiger partial charge in [0, 0.05) is 22.5 Å². The highest BCUT2D eigenvalue weighted by Gasteiger charge is 2.10. The molecule has 2 N–H and O–H groups in total. The highest BCUT2D eigenvalue weighted by Crippen LogP contribution is 2.20. The fourth-order valence-electron chi connectivity index (χ4n) is 1.65. The summed E-state index contributed by atoms with van der Waals surface area (Å²) in [5.74, 6) is 0.574. The molecule has 0 radical (unpaired) electrons. The lowest BCUT2D eigenvalue weighted by Crippen LogP contribution is -2.03. The Balaban J connectivity index is 1.73. The van der Waals surface area contributed by atoms with E-state index in [1.54, 1.807) is 17.6 Å². The van der Waals surface area contributed by atoms with Crippen molar-refractivity contribution in [3.63, 3.8) is 0 Å². The third-order valence-corrected chi connectivity index (χ3v) is 3.58. The number of hydrogen-bond acceptors (Lipinski definition) is 5. The topological polar surface area (TPSA) is 66.5 Å². The zero-order valence-electron chi connectivity index (χ0n) is 10.1. The van der Waals surface area contributed by atoms with Crippen LogP contribution in [0.2, 0.25) is 5.02 Å². The van der Waals surface area contributed by atoms with Gasteiger partial charge in [-0.05, 0) is 12.1 Å². The molecule has 20 heavy (non-hydrogen) atoms. The zero-order chi connectivity index (χ0) is 13.9. The third kappa shape index (κ3) is 2.63. The van der Waals surface area contributed by atoms with E-state index in [0.29, 0.717) is 28.1 Å². The maximum atomic E-state index is 13.6. The largest absolute Gasteiger partial charge is 0.350 e. The molecular formula is C12H9ClFN5S. The average Bonchev–Trinajstić information content (AvgIpc) is 3.09. The van der Waals surface area contributed by atoms with Crippen LogP contribution in [0.25, 0.3) is 11.5 Å². The quantitative estimate of drug-likeness (QED) is 0.776. The summed E-state index contributed by atoms with van der Waals surface area (Å²) in [4.78, 5) is 8.34. The van der Waals surface area contributed by atoms with E-state index in [1.807, 2.05) is 5.38 Å². The summed E-state index contributed by atoms with van der Waals surface area (Å²) in [6.45, 7) is 0.219. The maximum absolute atomic E-state index is 13.6. The highest BCUT2D eigenvalue weighted by molar-refractivity contribution is 7.07. The molecule has 8 heteroatoms.